The molecule has 0 saturated heterocycles. The van der Waals surface area contributed by atoms with Gasteiger partial charge in [0.1, 0.15) is 0 Å². The molecule has 0 bridgehead atoms. The molecule has 14 aromatic rings. The van der Waals surface area contributed by atoms with Crippen LogP contribution >= 0.6 is 0 Å². The Morgan fingerprint density at radius 1 is 0.316 bits per heavy atom. The summed E-state index contributed by atoms with van der Waals surface area (Å²) in [5, 5.41) is 15.8. The summed E-state index contributed by atoms with van der Waals surface area (Å²) in [6.07, 6.45) is 0. The molecule has 0 radical (unpaired) electrons. The van der Waals surface area contributed by atoms with Gasteiger partial charge in [0.05, 0.1) is 44.1 Å². The van der Waals surface area contributed by atoms with Gasteiger partial charge in [-0.3, -0.25) is 9.13 Å². The number of rotatable bonds is 2. The zero-order chi connectivity index (χ0) is 36.9. The van der Waals surface area contributed by atoms with Gasteiger partial charge in [0.2, 0.25) is 5.95 Å². The Morgan fingerprint density at radius 2 is 0.860 bits per heavy atom. The summed E-state index contributed by atoms with van der Waals surface area (Å²) in [6, 6.07) is 63.8. The highest BCUT2D eigenvalue weighted by molar-refractivity contribution is 6.38. The molecular weight excluding hydrogens is 695 g/mol. The predicted octanol–water partition coefficient (Wildman–Crippen LogP) is 13.3. The molecule has 0 amide bonds. The summed E-state index contributed by atoms with van der Waals surface area (Å²) >= 11 is 0. The minimum Gasteiger partial charge on any atom is -0.308 e. The molecule has 0 aliphatic rings. The van der Waals surface area contributed by atoms with Gasteiger partial charge in [0, 0.05) is 48.5 Å². The van der Waals surface area contributed by atoms with Crippen molar-refractivity contribution in [2.24, 2.45) is 0 Å². The second kappa shape index (κ2) is 10.5. The van der Waals surface area contributed by atoms with Gasteiger partial charge >= 0.3 is 0 Å². The third-order valence-electron chi connectivity index (χ3n) is 12.5. The highest BCUT2D eigenvalue weighted by Crippen LogP contribution is 2.48. The van der Waals surface area contributed by atoms with Crippen molar-refractivity contribution in [3.8, 4) is 11.8 Å². The number of fused-ring (bicyclic) bond motifs is 18. The topological polar surface area (TPSA) is 40.0 Å². The van der Waals surface area contributed by atoms with Crippen LogP contribution in [0, 0.1) is 0 Å². The lowest BCUT2D eigenvalue weighted by Gasteiger charge is -2.14. The second-order valence-electron chi connectivity index (χ2n) is 15.3. The Balaban J connectivity index is 1.21. The van der Waals surface area contributed by atoms with Gasteiger partial charge in [-0.15, -0.1) is 0 Å². The van der Waals surface area contributed by atoms with Crippen LogP contribution in [-0.2, 0) is 0 Å². The van der Waals surface area contributed by atoms with E-state index in [1.807, 2.05) is 0 Å². The van der Waals surface area contributed by atoms with Crippen LogP contribution in [0.25, 0.3) is 126 Å². The molecule has 5 aromatic heterocycles. The monoisotopic (exact) mass is 723 g/mol. The first-order valence-electron chi connectivity index (χ1n) is 19.5. The molecule has 0 atom stereocenters. The first-order valence-corrected chi connectivity index (χ1v) is 19.5. The molecule has 5 heterocycles. The number of aromatic nitrogens is 5. The van der Waals surface area contributed by atoms with E-state index in [2.05, 4.69) is 189 Å². The Hall–Kier alpha value is -7.76. The van der Waals surface area contributed by atoms with Crippen LogP contribution in [0.3, 0.4) is 0 Å². The maximum atomic E-state index is 5.70. The molecule has 0 aliphatic heterocycles. The third kappa shape index (κ3) is 3.64. The summed E-state index contributed by atoms with van der Waals surface area (Å²) in [7, 11) is 0. The fraction of sp³-hybridized carbons (Fsp3) is 0. The summed E-state index contributed by atoms with van der Waals surface area (Å²) in [6.45, 7) is 0. The Labute approximate surface area is 324 Å². The molecule has 9 aromatic carbocycles. The van der Waals surface area contributed by atoms with Crippen molar-refractivity contribution in [3.05, 3.63) is 176 Å². The Kier molecular flexibility index (Phi) is 5.45. The van der Waals surface area contributed by atoms with E-state index < -0.39 is 0 Å². The molecule has 5 heteroatoms. The van der Waals surface area contributed by atoms with Crippen molar-refractivity contribution in [3.63, 3.8) is 0 Å². The van der Waals surface area contributed by atoms with E-state index in [0.717, 1.165) is 38.8 Å². The summed E-state index contributed by atoms with van der Waals surface area (Å²) in [4.78, 5) is 11.1. The van der Waals surface area contributed by atoms with Crippen molar-refractivity contribution in [2.45, 2.75) is 0 Å². The van der Waals surface area contributed by atoms with E-state index in [1.165, 1.54) is 81.2 Å². The smallest absolute Gasteiger partial charge is 0.237 e. The zero-order valence-electron chi connectivity index (χ0n) is 30.5. The SMILES string of the molecule is c1ccc2c(c1)ccc1c2c2ccccc2n1-c1nc(-n2c3ccc4ccccc4c3c3c4c5ccccc5n5c6ccccc6c(cc32)c45)c2ccccc2n1. The highest BCUT2D eigenvalue weighted by atomic mass is 15.2. The van der Waals surface area contributed by atoms with Crippen molar-refractivity contribution in [1.29, 1.82) is 0 Å². The molecule has 57 heavy (non-hydrogen) atoms. The second-order valence-corrected chi connectivity index (χ2v) is 15.3. The van der Waals surface area contributed by atoms with E-state index in [4.69, 9.17) is 9.97 Å². The van der Waals surface area contributed by atoms with E-state index in [-0.39, 0.29) is 0 Å². The van der Waals surface area contributed by atoms with E-state index in [1.54, 1.807) is 0 Å². The molecule has 0 aliphatic carbocycles. The number of hydrogen-bond acceptors (Lipinski definition) is 2. The van der Waals surface area contributed by atoms with Gasteiger partial charge in [-0.1, -0.05) is 127 Å². The fourth-order valence-electron chi connectivity index (χ4n) is 10.3. The zero-order valence-corrected chi connectivity index (χ0v) is 30.5. The normalized spacial score (nSPS) is 12.6. The van der Waals surface area contributed by atoms with Crippen LogP contribution in [0.4, 0.5) is 0 Å². The summed E-state index contributed by atoms with van der Waals surface area (Å²) in [5.74, 6) is 1.51. The largest absolute Gasteiger partial charge is 0.308 e. The van der Waals surface area contributed by atoms with Crippen molar-refractivity contribution in [1.82, 2.24) is 23.5 Å². The first kappa shape index (κ1) is 29.6. The van der Waals surface area contributed by atoms with Gasteiger partial charge < -0.3 is 4.40 Å². The van der Waals surface area contributed by atoms with Crippen molar-refractivity contribution in [2.75, 3.05) is 0 Å². The first-order chi connectivity index (χ1) is 28.3. The van der Waals surface area contributed by atoms with Crippen molar-refractivity contribution < 1.29 is 0 Å². The average molecular weight is 724 g/mol. The van der Waals surface area contributed by atoms with Crippen molar-refractivity contribution >= 4 is 114 Å². The number of benzene rings is 9. The van der Waals surface area contributed by atoms with E-state index in [0.29, 0.717) is 5.95 Å². The molecule has 0 spiro atoms. The molecule has 0 fully saturated rings. The molecule has 5 nitrogen and oxygen atoms in total. The van der Waals surface area contributed by atoms with Gasteiger partial charge in [-0.2, -0.15) is 4.98 Å². The van der Waals surface area contributed by atoms with Crippen LogP contribution in [-0.4, -0.2) is 23.5 Å². The van der Waals surface area contributed by atoms with Crippen LogP contribution in [0.1, 0.15) is 0 Å². The lowest BCUT2D eigenvalue weighted by molar-refractivity contribution is 0.973. The lowest BCUT2D eigenvalue weighted by atomic mass is 9.99. The fourth-order valence-corrected chi connectivity index (χ4v) is 10.3. The minimum atomic E-state index is 0.647. The third-order valence-corrected chi connectivity index (χ3v) is 12.5. The van der Waals surface area contributed by atoms with Crippen LogP contribution in [0.15, 0.2) is 176 Å². The number of nitrogens with zero attached hydrogens (tertiary/aromatic N) is 5. The van der Waals surface area contributed by atoms with Crippen LogP contribution in [0.2, 0.25) is 0 Å². The highest BCUT2D eigenvalue weighted by Gasteiger charge is 2.27. The maximum absolute atomic E-state index is 5.70. The average Bonchev–Trinajstić information content (AvgIpc) is 4.00. The number of hydrogen-bond donors (Lipinski definition) is 0. The van der Waals surface area contributed by atoms with Crippen LogP contribution < -0.4 is 0 Å². The Morgan fingerprint density at radius 3 is 1.60 bits per heavy atom. The van der Waals surface area contributed by atoms with E-state index >= 15 is 0 Å². The van der Waals surface area contributed by atoms with Gasteiger partial charge in [-0.25, -0.2) is 4.98 Å². The number of para-hydroxylation sites is 4. The molecule has 0 saturated carbocycles. The minimum absolute atomic E-state index is 0.647. The molecule has 262 valence electrons. The maximum Gasteiger partial charge on any atom is 0.237 e. The van der Waals surface area contributed by atoms with E-state index in [9.17, 15) is 0 Å². The van der Waals surface area contributed by atoms with Crippen LogP contribution in [0.5, 0.6) is 0 Å². The molecule has 14 rings (SSSR count). The lowest BCUT2D eigenvalue weighted by Crippen LogP contribution is -2.07. The quantitative estimate of drug-likeness (QED) is 0.178. The van der Waals surface area contributed by atoms with Gasteiger partial charge in [0.15, 0.2) is 5.82 Å². The molecule has 0 N–H and O–H groups in total. The summed E-state index contributed by atoms with van der Waals surface area (Å²) < 4.78 is 7.17. The molecular formula is C52H29N5. The Bertz CT molecular complexity index is 4050. The predicted molar refractivity (Wildman–Crippen MR) is 238 cm³/mol. The molecule has 0 unspecified atom stereocenters. The van der Waals surface area contributed by atoms with Gasteiger partial charge in [-0.05, 0) is 70.1 Å². The summed E-state index contributed by atoms with van der Waals surface area (Å²) in [5.41, 5.74) is 9.03. The standard InChI is InChI=1S/C52H29N5/c1-3-15-32-30(13-1)25-27-43-46(32)36-19-7-12-24-42(36)57(43)52-53-39-21-9-5-18-35(39)51(54-52)56-44-28-26-31-14-2-4-16-33(31)47(44)49-45(56)29-38-34-17-6-10-22-40(34)55-41-23-11-8-20-37(41)48(49)50(38)55/h1-29H. The van der Waals surface area contributed by atoms with Gasteiger partial charge in [0.25, 0.3) is 0 Å².